The van der Waals surface area contributed by atoms with Crippen LogP contribution in [-0.2, 0) is 4.74 Å². The Balaban J connectivity index is 2.38. The van der Waals surface area contributed by atoms with Crippen LogP contribution in [0.2, 0.25) is 0 Å². The van der Waals surface area contributed by atoms with Gasteiger partial charge < -0.3 is 4.74 Å². The van der Waals surface area contributed by atoms with Gasteiger partial charge in [0.1, 0.15) is 0 Å². The van der Waals surface area contributed by atoms with E-state index in [1.807, 2.05) is 0 Å². The minimum atomic E-state index is 0.369. The van der Waals surface area contributed by atoms with Crippen molar-refractivity contribution in [2.45, 2.75) is 72.5 Å². The summed E-state index contributed by atoms with van der Waals surface area (Å²) in [5, 5.41) is 0. The molecule has 0 amide bonds. The van der Waals surface area contributed by atoms with Gasteiger partial charge in [0.15, 0.2) is 0 Å². The van der Waals surface area contributed by atoms with Crippen molar-refractivity contribution < 1.29 is 4.74 Å². The average Bonchev–Trinajstić information content (AvgIpc) is 1.96. The zero-order valence-electron chi connectivity index (χ0n) is 11.7. The van der Waals surface area contributed by atoms with Crippen LogP contribution in [0.5, 0.6) is 0 Å². The largest absolute Gasteiger partial charge is 0.375 e. The van der Waals surface area contributed by atoms with Gasteiger partial charge in [-0.2, -0.15) is 0 Å². The van der Waals surface area contributed by atoms with Crippen LogP contribution < -0.4 is 0 Å². The van der Waals surface area contributed by atoms with Crippen molar-refractivity contribution in [2.75, 3.05) is 0 Å². The van der Waals surface area contributed by atoms with Crippen molar-refractivity contribution in [3.05, 3.63) is 12.2 Å². The standard InChI is InChI=1S/C15H28O/c1-11-7-13(3)16-14(8-11)9-12(2)10-15(4,5)6/h12-14H,1,7-10H2,2-6H3/t12-,13-,14+/m1/s1. The molecular weight excluding hydrogens is 196 g/mol. The Morgan fingerprint density at radius 1 is 1.38 bits per heavy atom. The Morgan fingerprint density at radius 3 is 2.50 bits per heavy atom. The molecule has 0 saturated carbocycles. The van der Waals surface area contributed by atoms with Crippen molar-refractivity contribution in [1.29, 1.82) is 0 Å². The van der Waals surface area contributed by atoms with Gasteiger partial charge in [-0.15, -0.1) is 0 Å². The average molecular weight is 224 g/mol. The number of hydrogen-bond acceptors (Lipinski definition) is 1. The van der Waals surface area contributed by atoms with E-state index in [9.17, 15) is 0 Å². The van der Waals surface area contributed by atoms with Crippen LogP contribution in [0.3, 0.4) is 0 Å². The molecule has 1 fully saturated rings. The maximum Gasteiger partial charge on any atom is 0.0618 e. The van der Waals surface area contributed by atoms with Crippen molar-refractivity contribution >= 4 is 0 Å². The fraction of sp³-hybridized carbons (Fsp3) is 0.867. The number of ether oxygens (including phenoxy) is 1. The lowest BCUT2D eigenvalue weighted by molar-refractivity contribution is -0.0333. The predicted molar refractivity (Wildman–Crippen MR) is 70.6 cm³/mol. The zero-order chi connectivity index (χ0) is 12.3. The summed E-state index contributed by atoms with van der Waals surface area (Å²) in [6.07, 6.45) is 5.35. The predicted octanol–water partition coefficient (Wildman–Crippen LogP) is 4.57. The monoisotopic (exact) mass is 224 g/mol. The zero-order valence-corrected chi connectivity index (χ0v) is 11.7. The van der Waals surface area contributed by atoms with Gasteiger partial charge in [0.05, 0.1) is 12.2 Å². The lowest BCUT2D eigenvalue weighted by atomic mass is 9.82. The van der Waals surface area contributed by atoms with E-state index in [0.717, 1.165) is 18.8 Å². The second-order valence-electron chi connectivity index (χ2n) is 6.83. The van der Waals surface area contributed by atoms with Crippen LogP contribution >= 0.6 is 0 Å². The van der Waals surface area contributed by atoms with E-state index in [1.54, 1.807) is 0 Å². The Morgan fingerprint density at radius 2 is 2.00 bits per heavy atom. The highest BCUT2D eigenvalue weighted by atomic mass is 16.5. The molecule has 1 aliphatic heterocycles. The molecule has 0 aromatic rings. The normalized spacial score (nSPS) is 29.2. The third kappa shape index (κ3) is 5.16. The molecule has 94 valence electrons. The SMILES string of the molecule is C=C1C[C@@H](C[C@@H](C)CC(C)(C)C)O[C@H](C)C1. The van der Waals surface area contributed by atoms with E-state index in [4.69, 9.17) is 4.74 Å². The first kappa shape index (κ1) is 13.8. The Labute approximate surface area is 101 Å². The van der Waals surface area contributed by atoms with Gasteiger partial charge in [-0.25, -0.2) is 0 Å². The molecule has 1 heterocycles. The van der Waals surface area contributed by atoms with Gasteiger partial charge in [0.25, 0.3) is 0 Å². The van der Waals surface area contributed by atoms with Crippen LogP contribution in [0.25, 0.3) is 0 Å². The summed E-state index contributed by atoms with van der Waals surface area (Å²) in [4.78, 5) is 0. The first-order valence-corrected chi connectivity index (χ1v) is 6.58. The minimum Gasteiger partial charge on any atom is -0.375 e. The van der Waals surface area contributed by atoms with E-state index in [1.165, 1.54) is 18.4 Å². The molecule has 3 atom stereocenters. The molecule has 0 unspecified atom stereocenters. The smallest absolute Gasteiger partial charge is 0.0618 e. The molecule has 1 rings (SSSR count). The van der Waals surface area contributed by atoms with Crippen LogP contribution in [-0.4, -0.2) is 12.2 Å². The molecular formula is C15H28O. The third-order valence-electron chi connectivity index (χ3n) is 3.14. The van der Waals surface area contributed by atoms with Crippen molar-refractivity contribution in [3.8, 4) is 0 Å². The molecule has 1 saturated heterocycles. The Kier molecular flexibility index (Phi) is 4.61. The van der Waals surface area contributed by atoms with Gasteiger partial charge in [0, 0.05) is 0 Å². The van der Waals surface area contributed by atoms with Gasteiger partial charge in [0.2, 0.25) is 0 Å². The van der Waals surface area contributed by atoms with Crippen molar-refractivity contribution in [1.82, 2.24) is 0 Å². The van der Waals surface area contributed by atoms with Crippen LogP contribution in [0.15, 0.2) is 12.2 Å². The van der Waals surface area contributed by atoms with E-state index in [0.29, 0.717) is 17.6 Å². The maximum atomic E-state index is 5.98. The summed E-state index contributed by atoms with van der Waals surface area (Å²) in [7, 11) is 0. The Hall–Kier alpha value is -0.300. The fourth-order valence-corrected chi connectivity index (χ4v) is 2.95. The molecule has 0 radical (unpaired) electrons. The first-order chi connectivity index (χ1) is 7.26. The van der Waals surface area contributed by atoms with Crippen LogP contribution in [0, 0.1) is 11.3 Å². The van der Waals surface area contributed by atoms with E-state index in [-0.39, 0.29) is 0 Å². The lowest BCUT2D eigenvalue weighted by Crippen LogP contribution is -2.29. The van der Waals surface area contributed by atoms with E-state index < -0.39 is 0 Å². The van der Waals surface area contributed by atoms with E-state index in [2.05, 4.69) is 41.2 Å². The summed E-state index contributed by atoms with van der Waals surface area (Å²) < 4.78 is 5.98. The third-order valence-corrected chi connectivity index (χ3v) is 3.14. The fourth-order valence-electron chi connectivity index (χ4n) is 2.95. The van der Waals surface area contributed by atoms with Gasteiger partial charge in [-0.3, -0.25) is 0 Å². The van der Waals surface area contributed by atoms with Gasteiger partial charge in [-0.05, 0) is 43.9 Å². The Bertz CT molecular complexity index is 236. The van der Waals surface area contributed by atoms with Gasteiger partial charge in [-0.1, -0.05) is 39.8 Å². The van der Waals surface area contributed by atoms with Crippen LogP contribution in [0.1, 0.15) is 60.3 Å². The highest BCUT2D eigenvalue weighted by molar-refractivity contribution is 5.01. The second-order valence-corrected chi connectivity index (χ2v) is 6.83. The second kappa shape index (κ2) is 5.35. The molecule has 0 aliphatic carbocycles. The summed E-state index contributed by atoms with van der Waals surface area (Å²) in [5.41, 5.74) is 1.79. The van der Waals surface area contributed by atoms with Crippen molar-refractivity contribution in [3.63, 3.8) is 0 Å². The number of hydrogen-bond donors (Lipinski definition) is 0. The molecule has 0 bridgehead atoms. The molecule has 1 aliphatic rings. The molecule has 16 heavy (non-hydrogen) atoms. The molecule has 0 aromatic heterocycles. The van der Waals surface area contributed by atoms with Crippen molar-refractivity contribution in [2.24, 2.45) is 11.3 Å². The van der Waals surface area contributed by atoms with Gasteiger partial charge >= 0.3 is 0 Å². The maximum absolute atomic E-state index is 5.98. The van der Waals surface area contributed by atoms with Crippen LogP contribution in [0.4, 0.5) is 0 Å². The first-order valence-electron chi connectivity index (χ1n) is 6.58. The topological polar surface area (TPSA) is 9.23 Å². The highest BCUT2D eigenvalue weighted by Gasteiger charge is 2.25. The highest BCUT2D eigenvalue weighted by Crippen LogP contribution is 2.31. The number of rotatable bonds is 3. The molecule has 1 heteroatoms. The minimum absolute atomic E-state index is 0.369. The summed E-state index contributed by atoms with van der Waals surface area (Å²) >= 11 is 0. The molecule has 0 spiro atoms. The quantitative estimate of drug-likeness (QED) is 0.638. The summed E-state index contributed by atoms with van der Waals surface area (Å²) in [6.45, 7) is 15.6. The molecule has 0 aromatic carbocycles. The summed E-state index contributed by atoms with van der Waals surface area (Å²) in [6, 6.07) is 0. The molecule has 1 nitrogen and oxygen atoms in total. The van der Waals surface area contributed by atoms with E-state index >= 15 is 0 Å². The summed E-state index contributed by atoms with van der Waals surface area (Å²) in [5.74, 6) is 0.739. The lowest BCUT2D eigenvalue weighted by Gasteiger charge is -2.32. The molecule has 0 N–H and O–H groups in total.